The van der Waals surface area contributed by atoms with Crippen molar-refractivity contribution < 1.29 is 0 Å². The van der Waals surface area contributed by atoms with Crippen molar-refractivity contribution in [2.24, 2.45) is 0 Å². The van der Waals surface area contributed by atoms with Gasteiger partial charge in [-0.3, -0.25) is 0 Å². The van der Waals surface area contributed by atoms with Crippen molar-refractivity contribution in [1.29, 1.82) is 0 Å². The first-order valence-electron chi connectivity index (χ1n) is 19.0. The van der Waals surface area contributed by atoms with Crippen molar-refractivity contribution in [3.05, 3.63) is 12.4 Å². The minimum Gasteiger partial charge on any atom is -0.359 e. The molecule has 40 heavy (non-hydrogen) atoms. The van der Waals surface area contributed by atoms with E-state index in [9.17, 15) is 0 Å². The maximum atomic E-state index is 2.54. The molecular weight excluding hydrogens is 484 g/mol. The second kappa shape index (κ2) is 31.3. The van der Waals surface area contributed by atoms with Crippen molar-refractivity contribution in [1.82, 2.24) is 9.80 Å². The van der Waals surface area contributed by atoms with Gasteiger partial charge in [-0.2, -0.15) is 0 Å². The molecule has 0 amide bonds. The van der Waals surface area contributed by atoms with Gasteiger partial charge in [0.15, 0.2) is 0 Å². The van der Waals surface area contributed by atoms with Gasteiger partial charge in [-0.25, -0.2) is 0 Å². The minimum absolute atomic E-state index is 1.14. The third-order valence-electron chi connectivity index (χ3n) is 9.20. The smallest absolute Gasteiger partial charge is 0.0893 e. The van der Waals surface area contributed by atoms with E-state index in [1.807, 2.05) is 0 Å². The molecule has 0 N–H and O–H groups in total. The van der Waals surface area contributed by atoms with Crippen LogP contribution in [-0.2, 0) is 0 Å². The van der Waals surface area contributed by atoms with Crippen LogP contribution >= 0.6 is 0 Å². The molecule has 1 heterocycles. The van der Waals surface area contributed by atoms with Gasteiger partial charge in [0.25, 0.3) is 0 Å². The summed E-state index contributed by atoms with van der Waals surface area (Å²) < 4.78 is 0. The predicted molar refractivity (Wildman–Crippen MR) is 182 cm³/mol. The Kier molecular flexibility index (Phi) is 29.2. The molecule has 0 radical (unpaired) electrons. The number of nitrogens with zero attached hydrogens (tertiary/aromatic N) is 2. The van der Waals surface area contributed by atoms with Gasteiger partial charge >= 0.3 is 0 Å². The second-order valence-corrected chi connectivity index (χ2v) is 13.3. The molecule has 0 bridgehead atoms. The van der Waals surface area contributed by atoms with Gasteiger partial charge in [-0.05, 0) is 12.8 Å². The summed E-state index contributed by atoms with van der Waals surface area (Å²) in [6.45, 7) is 8.26. The average Bonchev–Trinajstić information content (AvgIpc) is 3.42. The molecule has 0 atom stereocenters. The molecule has 0 fully saturated rings. The lowest BCUT2D eigenvalue weighted by molar-refractivity contribution is 0.257. The molecule has 1 rings (SSSR count). The monoisotopic (exact) mass is 561 g/mol. The van der Waals surface area contributed by atoms with E-state index in [0.29, 0.717) is 0 Å². The topological polar surface area (TPSA) is 6.48 Å². The van der Waals surface area contributed by atoms with Crippen molar-refractivity contribution in [3.63, 3.8) is 0 Å². The van der Waals surface area contributed by atoms with E-state index in [4.69, 9.17) is 0 Å². The molecule has 1 aliphatic rings. The summed E-state index contributed by atoms with van der Waals surface area (Å²) in [5.41, 5.74) is 0. The van der Waals surface area contributed by atoms with Gasteiger partial charge in [0.2, 0.25) is 0 Å². The molecule has 0 aromatic rings. The van der Waals surface area contributed by atoms with Gasteiger partial charge in [0, 0.05) is 25.5 Å². The molecule has 238 valence electrons. The highest BCUT2D eigenvalue weighted by molar-refractivity contribution is 4.90. The van der Waals surface area contributed by atoms with Gasteiger partial charge in [0.1, 0.15) is 0 Å². The van der Waals surface area contributed by atoms with Crippen LogP contribution in [0.3, 0.4) is 0 Å². The largest absolute Gasteiger partial charge is 0.359 e. The highest BCUT2D eigenvalue weighted by Gasteiger charge is 2.11. The lowest BCUT2D eigenvalue weighted by Gasteiger charge is -2.21. The molecule has 0 saturated heterocycles. The van der Waals surface area contributed by atoms with E-state index in [2.05, 4.69) is 36.0 Å². The Hall–Kier alpha value is -0.660. The zero-order chi connectivity index (χ0) is 28.6. The molecule has 0 saturated carbocycles. The second-order valence-electron chi connectivity index (χ2n) is 13.3. The van der Waals surface area contributed by atoms with Crippen LogP contribution in [0.1, 0.15) is 213 Å². The predicted octanol–water partition coefficient (Wildman–Crippen LogP) is 13.2. The van der Waals surface area contributed by atoms with E-state index >= 15 is 0 Å². The van der Waals surface area contributed by atoms with Crippen LogP contribution < -0.4 is 0 Å². The molecule has 2 nitrogen and oxygen atoms in total. The summed E-state index contributed by atoms with van der Waals surface area (Å²) in [5.74, 6) is 0. The maximum absolute atomic E-state index is 2.54. The van der Waals surface area contributed by atoms with Crippen molar-refractivity contribution in [3.8, 4) is 0 Å². The fraction of sp³-hybridized carbons (Fsp3) is 0.947. The Balaban J connectivity index is 1.73. The van der Waals surface area contributed by atoms with Gasteiger partial charge in [-0.15, -0.1) is 0 Å². The summed E-state index contributed by atoms with van der Waals surface area (Å²) in [6, 6.07) is 0. The molecule has 0 unspecified atom stereocenters. The molecule has 0 aliphatic carbocycles. The van der Waals surface area contributed by atoms with Crippen molar-refractivity contribution in [2.45, 2.75) is 213 Å². The molecule has 0 aromatic heterocycles. The first-order valence-corrected chi connectivity index (χ1v) is 19.0. The van der Waals surface area contributed by atoms with Crippen LogP contribution in [0.15, 0.2) is 12.4 Å². The Labute approximate surface area is 254 Å². The van der Waals surface area contributed by atoms with Crippen molar-refractivity contribution >= 4 is 0 Å². The summed E-state index contributed by atoms with van der Waals surface area (Å²) in [5, 5.41) is 0. The van der Waals surface area contributed by atoms with Gasteiger partial charge in [0.05, 0.1) is 6.67 Å². The quantitative estimate of drug-likeness (QED) is 0.0736. The lowest BCUT2D eigenvalue weighted by atomic mass is 10.0. The van der Waals surface area contributed by atoms with Crippen LogP contribution in [0, 0.1) is 0 Å². The Morgan fingerprint density at radius 3 is 0.725 bits per heavy atom. The Morgan fingerprint density at radius 2 is 0.500 bits per heavy atom. The molecule has 0 spiro atoms. The number of hydrogen-bond donors (Lipinski definition) is 0. The first kappa shape index (κ1) is 37.4. The molecule has 0 aromatic carbocycles. The van der Waals surface area contributed by atoms with Crippen LogP contribution in [0.2, 0.25) is 0 Å². The first-order chi connectivity index (χ1) is 19.9. The molecule has 2 heteroatoms. The van der Waals surface area contributed by atoms with Gasteiger partial charge < -0.3 is 9.80 Å². The lowest BCUT2D eigenvalue weighted by Crippen LogP contribution is -2.26. The summed E-state index contributed by atoms with van der Waals surface area (Å²) in [7, 11) is 0. The summed E-state index contributed by atoms with van der Waals surface area (Å²) >= 11 is 0. The third-order valence-corrected chi connectivity index (χ3v) is 9.20. The normalized spacial score (nSPS) is 13.2. The summed E-state index contributed by atoms with van der Waals surface area (Å²) in [6.07, 6.45) is 49.7. The highest BCUT2D eigenvalue weighted by atomic mass is 15.3. The van der Waals surface area contributed by atoms with Crippen molar-refractivity contribution in [2.75, 3.05) is 19.8 Å². The Morgan fingerprint density at radius 1 is 0.300 bits per heavy atom. The zero-order valence-electron chi connectivity index (χ0n) is 28.1. The standard InChI is InChI=1S/C38H76N2/c1-3-5-7-9-11-13-15-17-19-21-23-25-27-29-31-33-35-40-37-36-39(38-40)34-32-30-28-26-24-22-20-18-16-14-12-10-8-6-4-2/h36-37H,3-35,38H2,1-2H3. The maximum Gasteiger partial charge on any atom is 0.0893 e. The average molecular weight is 561 g/mol. The van der Waals surface area contributed by atoms with Crippen LogP contribution in [-0.4, -0.2) is 29.6 Å². The number of rotatable bonds is 33. The Bertz CT molecular complexity index is 502. The van der Waals surface area contributed by atoms with E-state index < -0.39 is 0 Å². The minimum atomic E-state index is 1.14. The number of unbranched alkanes of at least 4 members (excludes halogenated alkanes) is 29. The number of hydrogen-bond acceptors (Lipinski definition) is 2. The fourth-order valence-electron chi connectivity index (χ4n) is 6.36. The van der Waals surface area contributed by atoms with E-state index in [-0.39, 0.29) is 0 Å². The van der Waals surface area contributed by atoms with Crippen LogP contribution in [0.4, 0.5) is 0 Å². The highest BCUT2D eigenvalue weighted by Crippen LogP contribution is 2.16. The van der Waals surface area contributed by atoms with E-state index in [1.165, 1.54) is 212 Å². The van der Waals surface area contributed by atoms with E-state index in [1.54, 1.807) is 0 Å². The third kappa shape index (κ3) is 26.3. The fourth-order valence-corrected chi connectivity index (χ4v) is 6.36. The van der Waals surface area contributed by atoms with Crippen LogP contribution in [0.25, 0.3) is 0 Å². The molecular formula is C38H76N2. The zero-order valence-corrected chi connectivity index (χ0v) is 28.1. The SMILES string of the molecule is CCCCCCCCCCCCCCCCCCN1C=CN(CCCCCCCCCCCCCCCCC)C1. The van der Waals surface area contributed by atoms with Crippen LogP contribution in [0.5, 0.6) is 0 Å². The van der Waals surface area contributed by atoms with E-state index in [0.717, 1.165) is 6.67 Å². The van der Waals surface area contributed by atoms with Gasteiger partial charge in [-0.1, -0.05) is 200 Å². The molecule has 1 aliphatic heterocycles. The summed E-state index contributed by atoms with van der Waals surface area (Å²) in [4.78, 5) is 5.07.